The van der Waals surface area contributed by atoms with Crippen LogP contribution in [0.1, 0.15) is 22.8 Å². The van der Waals surface area contributed by atoms with Crippen LogP contribution < -0.4 is 0 Å². The molecule has 0 saturated carbocycles. The summed E-state index contributed by atoms with van der Waals surface area (Å²) in [6, 6.07) is 14.0. The molecule has 0 aromatic heterocycles. The maximum atomic E-state index is 12.9. The Hall–Kier alpha value is -2.04. The zero-order valence-electron chi connectivity index (χ0n) is 14.0. The van der Waals surface area contributed by atoms with Crippen LogP contribution in [-0.2, 0) is 16.1 Å². The molecule has 132 valence electrons. The first-order valence-corrected chi connectivity index (χ1v) is 8.54. The number of esters is 1. The molecule has 0 heterocycles. The molecule has 0 aliphatic carbocycles. The van der Waals surface area contributed by atoms with Crippen LogP contribution in [0, 0.1) is 5.92 Å². The fourth-order valence-corrected chi connectivity index (χ4v) is 2.85. The van der Waals surface area contributed by atoms with E-state index >= 15 is 0 Å². The Labute approximate surface area is 157 Å². The zero-order chi connectivity index (χ0) is 18.4. The van der Waals surface area contributed by atoms with Gasteiger partial charge in [0.25, 0.3) is 5.91 Å². The number of hydrogen-bond donors (Lipinski definition) is 0. The van der Waals surface area contributed by atoms with Crippen LogP contribution in [-0.4, -0.2) is 30.4 Å². The van der Waals surface area contributed by atoms with Crippen LogP contribution in [0.3, 0.4) is 0 Å². The lowest BCUT2D eigenvalue weighted by Crippen LogP contribution is -2.37. The van der Waals surface area contributed by atoms with Gasteiger partial charge in [-0.3, -0.25) is 9.59 Å². The van der Waals surface area contributed by atoms with Crippen LogP contribution in [0.15, 0.2) is 48.5 Å². The van der Waals surface area contributed by atoms with Crippen molar-refractivity contribution in [1.82, 2.24) is 4.90 Å². The summed E-state index contributed by atoms with van der Waals surface area (Å²) in [7, 11) is 1.33. The van der Waals surface area contributed by atoms with Crippen molar-refractivity contribution in [2.24, 2.45) is 5.92 Å². The zero-order valence-corrected chi connectivity index (χ0v) is 15.6. The summed E-state index contributed by atoms with van der Waals surface area (Å²) in [5, 5.41) is 1.04. The molecule has 0 aliphatic heterocycles. The Morgan fingerprint density at radius 1 is 1.12 bits per heavy atom. The van der Waals surface area contributed by atoms with Gasteiger partial charge in [-0.25, -0.2) is 0 Å². The predicted octanol–water partition coefficient (Wildman–Crippen LogP) is 4.44. The lowest BCUT2D eigenvalue weighted by Gasteiger charge is -2.26. The van der Waals surface area contributed by atoms with Crippen molar-refractivity contribution in [2.75, 3.05) is 13.7 Å². The fraction of sp³-hybridized carbons (Fsp3) is 0.263. The average Bonchev–Trinajstić information content (AvgIpc) is 2.61. The van der Waals surface area contributed by atoms with Gasteiger partial charge >= 0.3 is 5.97 Å². The number of methoxy groups -OCH3 is 1. The summed E-state index contributed by atoms with van der Waals surface area (Å²) in [4.78, 5) is 26.3. The second-order valence-corrected chi connectivity index (χ2v) is 6.56. The minimum atomic E-state index is -0.462. The molecule has 0 saturated heterocycles. The van der Waals surface area contributed by atoms with E-state index in [4.69, 9.17) is 27.9 Å². The van der Waals surface area contributed by atoms with Crippen molar-refractivity contribution in [3.8, 4) is 0 Å². The first kappa shape index (κ1) is 19.3. The Bertz CT molecular complexity index is 764. The molecule has 2 rings (SSSR count). The van der Waals surface area contributed by atoms with Gasteiger partial charge in [0.1, 0.15) is 0 Å². The molecule has 6 heteroatoms. The summed E-state index contributed by atoms with van der Waals surface area (Å²) in [5.41, 5.74) is 1.26. The van der Waals surface area contributed by atoms with Crippen molar-refractivity contribution in [3.05, 3.63) is 69.7 Å². The summed E-state index contributed by atoms with van der Waals surface area (Å²) < 4.78 is 4.77. The third-order valence-corrected chi connectivity index (χ3v) is 4.38. The summed E-state index contributed by atoms with van der Waals surface area (Å²) in [6.07, 6.45) is 0. The van der Waals surface area contributed by atoms with Crippen molar-refractivity contribution in [3.63, 3.8) is 0 Å². The lowest BCUT2D eigenvalue weighted by molar-refractivity contribution is -0.145. The van der Waals surface area contributed by atoms with Crippen LogP contribution in [0.4, 0.5) is 0 Å². The van der Waals surface area contributed by atoms with Gasteiger partial charge in [-0.1, -0.05) is 54.4 Å². The van der Waals surface area contributed by atoms with E-state index in [1.54, 1.807) is 42.2 Å². The number of carbonyl (C=O) groups excluding carboxylic acids is 2. The number of benzene rings is 2. The quantitative estimate of drug-likeness (QED) is 0.696. The number of ether oxygens (including phenoxy) is 1. The van der Waals surface area contributed by atoms with Crippen molar-refractivity contribution >= 4 is 35.1 Å². The molecule has 0 radical (unpaired) electrons. The van der Waals surface area contributed by atoms with Crippen LogP contribution >= 0.6 is 23.2 Å². The second-order valence-electron chi connectivity index (χ2n) is 5.71. The number of amides is 1. The Morgan fingerprint density at radius 3 is 2.48 bits per heavy atom. The Morgan fingerprint density at radius 2 is 1.84 bits per heavy atom. The highest BCUT2D eigenvalue weighted by Crippen LogP contribution is 2.20. The van der Waals surface area contributed by atoms with Gasteiger partial charge in [0.2, 0.25) is 0 Å². The molecule has 0 bridgehead atoms. The van der Waals surface area contributed by atoms with E-state index < -0.39 is 5.92 Å². The molecule has 0 aliphatic rings. The molecular weight excluding hydrogens is 361 g/mol. The number of rotatable bonds is 6. The van der Waals surface area contributed by atoms with Crippen molar-refractivity contribution in [2.45, 2.75) is 13.5 Å². The highest BCUT2D eigenvalue weighted by molar-refractivity contribution is 6.31. The summed E-state index contributed by atoms with van der Waals surface area (Å²) in [5.74, 6) is -1.06. The molecule has 1 unspecified atom stereocenters. The molecule has 2 aromatic rings. The van der Waals surface area contributed by atoms with E-state index in [1.807, 2.05) is 18.2 Å². The molecular formula is C19H19Cl2NO3. The second kappa shape index (κ2) is 8.88. The molecule has 2 aromatic carbocycles. The third kappa shape index (κ3) is 5.21. The number of nitrogens with zero attached hydrogens (tertiary/aromatic N) is 1. The number of carbonyl (C=O) groups is 2. The van der Waals surface area contributed by atoms with Gasteiger partial charge in [0, 0.05) is 28.7 Å². The Kier molecular flexibility index (Phi) is 6.85. The molecule has 0 fully saturated rings. The molecule has 0 spiro atoms. The van der Waals surface area contributed by atoms with Gasteiger partial charge in [-0.2, -0.15) is 0 Å². The maximum absolute atomic E-state index is 12.9. The molecule has 25 heavy (non-hydrogen) atoms. The van der Waals surface area contributed by atoms with E-state index in [0.29, 0.717) is 15.6 Å². The summed E-state index contributed by atoms with van der Waals surface area (Å²) in [6.45, 7) is 2.21. The Balaban J connectivity index is 2.29. The third-order valence-electron chi connectivity index (χ3n) is 3.78. The lowest BCUT2D eigenvalue weighted by atomic mass is 10.1. The molecule has 0 N–H and O–H groups in total. The maximum Gasteiger partial charge on any atom is 0.310 e. The van der Waals surface area contributed by atoms with Gasteiger partial charge in [-0.05, 0) is 29.8 Å². The first-order valence-electron chi connectivity index (χ1n) is 7.78. The first-order chi connectivity index (χ1) is 11.9. The minimum Gasteiger partial charge on any atom is -0.469 e. The summed E-state index contributed by atoms with van der Waals surface area (Å²) >= 11 is 12.2. The van der Waals surface area contributed by atoms with Gasteiger partial charge in [0.15, 0.2) is 0 Å². The van der Waals surface area contributed by atoms with Crippen LogP contribution in [0.2, 0.25) is 10.0 Å². The fourth-order valence-electron chi connectivity index (χ4n) is 2.46. The highest BCUT2D eigenvalue weighted by atomic mass is 35.5. The molecule has 1 amide bonds. The van der Waals surface area contributed by atoms with E-state index in [-0.39, 0.29) is 25.0 Å². The van der Waals surface area contributed by atoms with Crippen molar-refractivity contribution in [1.29, 1.82) is 0 Å². The molecule has 4 nitrogen and oxygen atoms in total. The average molecular weight is 380 g/mol. The highest BCUT2D eigenvalue weighted by Gasteiger charge is 2.23. The van der Waals surface area contributed by atoms with Crippen LogP contribution in [0.25, 0.3) is 0 Å². The molecule has 1 atom stereocenters. The minimum absolute atomic E-state index is 0.212. The van der Waals surface area contributed by atoms with Gasteiger partial charge in [0.05, 0.1) is 13.0 Å². The standard InChI is InChI=1S/C19H19Cl2NO3/c1-13(19(24)25-2)11-22(12-15-6-3-4-9-17(15)21)18(23)14-7-5-8-16(20)10-14/h3-10,13H,11-12H2,1-2H3. The van der Waals surface area contributed by atoms with E-state index in [0.717, 1.165) is 5.56 Å². The predicted molar refractivity (Wildman–Crippen MR) is 98.8 cm³/mol. The smallest absolute Gasteiger partial charge is 0.310 e. The van der Waals surface area contributed by atoms with Crippen LogP contribution in [0.5, 0.6) is 0 Å². The number of hydrogen-bond acceptors (Lipinski definition) is 3. The SMILES string of the molecule is COC(=O)C(C)CN(Cc1ccccc1Cl)C(=O)c1cccc(Cl)c1. The normalized spacial score (nSPS) is 11.7. The van der Waals surface area contributed by atoms with E-state index in [2.05, 4.69) is 0 Å². The largest absolute Gasteiger partial charge is 0.469 e. The van der Waals surface area contributed by atoms with E-state index in [9.17, 15) is 9.59 Å². The van der Waals surface area contributed by atoms with E-state index in [1.165, 1.54) is 7.11 Å². The van der Waals surface area contributed by atoms with Crippen molar-refractivity contribution < 1.29 is 14.3 Å². The van der Waals surface area contributed by atoms with Gasteiger partial charge < -0.3 is 9.64 Å². The monoisotopic (exact) mass is 379 g/mol. The topological polar surface area (TPSA) is 46.6 Å². The number of halogens is 2. The van der Waals surface area contributed by atoms with Gasteiger partial charge in [-0.15, -0.1) is 0 Å².